The molecule has 1 aliphatic heterocycles. The molecular weight excluding hydrogens is 275 g/mol. The summed E-state index contributed by atoms with van der Waals surface area (Å²) < 4.78 is 5.50. The monoisotopic (exact) mass is 288 g/mol. The second-order valence-electron chi connectivity index (χ2n) is 4.45. The predicted molar refractivity (Wildman–Crippen MR) is 70.2 cm³/mol. The molecule has 1 aliphatic rings. The Balaban J connectivity index is 2.24. The summed E-state index contributed by atoms with van der Waals surface area (Å²) in [5, 5.41) is 0.444. The van der Waals surface area contributed by atoms with Gasteiger partial charge in [0.15, 0.2) is 0 Å². The molecule has 1 aromatic rings. The van der Waals surface area contributed by atoms with Gasteiger partial charge in [0.1, 0.15) is 10.3 Å². The predicted octanol–water partition coefficient (Wildman–Crippen LogP) is 2.64. The van der Waals surface area contributed by atoms with Crippen molar-refractivity contribution in [3.63, 3.8) is 0 Å². The minimum absolute atomic E-state index is 0.0398. The fourth-order valence-corrected chi connectivity index (χ4v) is 2.40. The zero-order valence-electron chi connectivity index (χ0n) is 10.2. The number of carbonyl (C=O) groups is 1. The maximum Gasteiger partial charge on any atom is 0.254 e. The van der Waals surface area contributed by atoms with Crippen LogP contribution in [-0.2, 0) is 4.74 Å². The van der Waals surface area contributed by atoms with Crippen LogP contribution < -0.4 is 0 Å². The first-order valence-corrected chi connectivity index (χ1v) is 6.48. The largest absolute Gasteiger partial charge is 0.375 e. The first-order valence-electron chi connectivity index (χ1n) is 5.73. The molecule has 2 heterocycles. The molecule has 2 unspecified atom stereocenters. The summed E-state index contributed by atoms with van der Waals surface area (Å²) in [7, 11) is 0. The van der Waals surface area contributed by atoms with E-state index >= 15 is 0 Å². The highest BCUT2D eigenvalue weighted by atomic mass is 35.5. The lowest BCUT2D eigenvalue weighted by molar-refractivity contribution is -0.0387. The van der Waals surface area contributed by atoms with Crippen molar-refractivity contribution < 1.29 is 9.53 Å². The maximum absolute atomic E-state index is 12.4. The van der Waals surface area contributed by atoms with Crippen LogP contribution in [0.5, 0.6) is 0 Å². The van der Waals surface area contributed by atoms with Gasteiger partial charge < -0.3 is 9.64 Å². The van der Waals surface area contributed by atoms with E-state index in [1.165, 1.54) is 12.1 Å². The van der Waals surface area contributed by atoms with Crippen molar-refractivity contribution in [3.8, 4) is 0 Å². The zero-order chi connectivity index (χ0) is 13.3. The summed E-state index contributed by atoms with van der Waals surface area (Å²) in [6, 6.07) is 3.10. The lowest BCUT2D eigenvalue weighted by Crippen LogP contribution is -2.50. The average Bonchev–Trinajstić information content (AvgIpc) is 2.30. The molecule has 0 aliphatic carbocycles. The van der Waals surface area contributed by atoms with E-state index in [0.29, 0.717) is 18.7 Å². The van der Waals surface area contributed by atoms with Gasteiger partial charge in [-0.3, -0.25) is 4.79 Å². The van der Waals surface area contributed by atoms with Crippen LogP contribution in [-0.4, -0.2) is 41.1 Å². The van der Waals surface area contributed by atoms with Crippen molar-refractivity contribution in [2.45, 2.75) is 26.0 Å². The van der Waals surface area contributed by atoms with Crippen LogP contribution >= 0.6 is 23.2 Å². The van der Waals surface area contributed by atoms with Crippen LogP contribution in [0.4, 0.5) is 0 Å². The van der Waals surface area contributed by atoms with E-state index in [4.69, 9.17) is 27.9 Å². The summed E-state index contributed by atoms with van der Waals surface area (Å²) in [6.07, 6.45) is 0.0398. The fraction of sp³-hybridized carbons (Fsp3) is 0.500. The van der Waals surface area contributed by atoms with Gasteiger partial charge in [-0.25, -0.2) is 4.98 Å². The van der Waals surface area contributed by atoms with Gasteiger partial charge in [0.2, 0.25) is 0 Å². The number of amides is 1. The van der Waals surface area contributed by atoms with E-state index in [0.717, 1.165) is 0 Å². The van der Waals surface area contributed by atoms with Gasteiger partial charge in [-0.1, -0.05) is 23.2 Å². The number of nitrogens with zero attached hydrogens (tertiary/aromatic N) is 2. The standard InChI is InChI=1S/C12H14Cl2N2O2/c1-7-6-18-8(2)5-16(7)12(17)9-3-10(13)15-11(14)4-9/h3-4,7-8H,5-6H2,1-2H3. The van der Waals surface area contributed by atoms with E-state index in [9.17, 15) is 4.79 Å². The summed E-state index contributed by atoms with van der Waals surface area (Å²) >= 11 is 11.6. The molecule has 0 bridgehead atoms. The molecule has 2 atom stereocenters. The molecule has 0 radical (unpaired) electrons. The molecule has 98 valence electrons. The molecule has 2 rings (SSSR count). The van der Waals surface area contributed by atoms with Crippen molar-refractivity contribution in [1.82, 2.24) is 9.88 Å². The summed E-state index contributed by atoms with van der Waals surface area (Å²) in [5.74, 6) is -0.0937. The van der Waals surface area contributed by atoms with E-state index in [1.807, 2.05) is 13.8 Å². The van der Waals surface area contributed by atoms with Crippen molar-refractivity contribution in [2.24, 2.45) is 0 Å². The smallest absolute Gasteiger partial charge is 0.254 e. The lowest BCUT2D eigenvalue weighted by atomic mass is 10.1. The Morgan fingerprint density at radius 2 is 2.00 bits per heavy atom. The van der Waals surface area contributed by atoms with E-state index in [1.54, 1.807) is 4.90 Å². The third kappa shape index (κ3) is 2.94. The fourth-order valence-electron chi connectivity index (χ4n) is 1.94. The highest BCUT2D eigenvalue weighted by Gasteiger charge is 2.28. The number of pyridine rings is 1. The molecule has 1 amide bonds. The van der Waals surface area contributed by atoms with Crippen molar-refractivity contribution >= 4 is 29.1 Å². The highest BCUT2D eigenvalue weighted by molar-refractivity contribution is 6.33. The molecule has 1 fully saturated rings. The number of rotatable bonds is 1. The Labute approximate surface area is 116 Å². The van der Waals surface area contributed by atoms with Crippen molar-refractivity contribution in [2.75, 3.05) is 13.2 Å². The van der Waals surface area contributed by atoms with Crippen LogP contribution in [0.1, 0.15) is 24.2 Å². The summed E-state index contributed by atoms with van der Waals surface area (Å²) in [5.41, 5.74) is 0.459. The van der Waals surface area contributed by atoms with Crippen LogP contribution in [0.25, 0.3) is 0 Å². The Hall–Kier alpha value is -0.840. The zero-order valence-corrected chi connectivity index (χ0v) is 11.7. The SMILES string of the molecule is CC1CN(C(=O)c2cc(Cl)nc(Cl)c2)C(C)CO1. The van der Waals surface area contributed by atoms with Gasteiger partial charge in [-0.2, -0.15) is 0 Å². The van der Waals surface area contributed by atoms with E-state index in [-0.39, 0.29) is 28.4 Å². The molecule has 0 saturated carbocycles. The van der Waals surface area contributed by atoms with E-state index < -0.39 is 0 Å². The number of halogens is 2. The topological polar surface area (TPSA) is 42.4 Å². The molecule has 1 aromatic heterocycles. The summed E-state index contributed by atoms with van der Waals surface area (Å²) in [6.45, 7) is 5.00. The molecular formula is C12H14Cl2N2O2. The second-order valence-corrected chi connectivity index (χ2v) is 5.23. The van der Waals surface area contributed by atoms with E-state index in [2.05, 4.69) is 4.98 Å². The average molecular weight is 289 g/mol. The number of ether oxygens (including phenoxy) is 1. The third-order valence-corrected chi connectivity index (χ3v) is 3.27. The highest BCUT2D eigenvalue weighted by Crippen LogP contribution is 2.19. The maximum atomic E-state index is 12.4. The van der Waals surface area contributed by atoms with Gasteiger partial charge in [-0.05, 0) is 26.0 Å². The number of carbonyl (C=O) groups excluding carboxylic acids is 1. The minimum atomic E-state index is -0.0937. The molecule has 0 spiro atoms. The number of hydrogen-bond donors (Lipinski definition) is 0. The number of aromatic nitrogens is 1. The first-order chi connectivity index (χ1) is 8.47. The second kappa shape index (κ2) is 5.43. The van der Waals surface area contributed by atoms with Crippen molar-refractivity contribution in [3.05, 3.63) is 28.0 Å². The van der Waals surface area contributed by atoms with Gasteiger partial charge in [0, 0.05) is 12.1 Å². The quantitative estimate of drug-likeness (QED) is 0.746. The van der Waals surface area contributed by atoms with Gasteiger partial charge in [-0.15, -0.1) is 0 Å². The summed E-state index contributed by atoms with van der Waals surface area (Å²) in [4.78, 5) is 18.0. The lowest BCUT2D eigenvalue weighted by Gasteiger charge is -2.36. The van der Waals surface area contributed by atoms with Gasteiger partial charge in [0.25, 0.3) is 5.91 Å². The van der Waals surface area contributed by atoms with Crippen LogP contribution in [0.3, 0.4) is 0 Å². The Bertz CT molecular complexity index is 447. The van der Waals surface area contributed by atoms with Crippen molar-refractivity contribution in [1.29, 1.82) is 0 Å². The molecule has 0 N–H and O–H groups in total. The first kappa shape index (κ1) is 13.6. The van der Waals surface area contributed by atoms with Gasteiger partial charge >= 0.3 is 0 Å². The van der Waals surface area contributed by atoms with Gasteiger partial charge in [0.05, 0.1) is 18.8 Å². The van der Waals surface area contributed by atoms with Crippen LogP contribution in [0, 0.1) is 0 Å². The third-order valence-electron chi connectivity index (χ3n) is 2.88. The Morgan fingerprint density at radius 1 is 1.39 bits per heavy atom. The number of morpholine rings is 1. The van der Waals surface area contributed by atoms with Crippen LogP contribution in [0.2, 0.25) is 10.3 Å². The Morgan fingerprint density at radius 3 is 2.61 bits per heavy atom. The Kier molecular flexibility index (Phi) is 4.10. The van der Waals surface area contributed by atoms with Crippen LogP contribution in [0.15, 0.2) is 12.1 Å². The molecule has 18 heavy (non-hydrogen) atoms. The number of hydrogen-bond acceptors (Lipinski definition) is 3. The molecule has 0 aromatic carbocycles. The molecule has 1 saturated heterocycles. The normalized spacial score (nSPS) is 24.1. The minimum Gasteiger partial charge on any atom is -0.375 e. The molecule has 4 nitrogen and oxygen atoms in total. The molecule has 6 heteroatoms.